The zero-order valence-corrected chi connectivity index (χ0v) is 15.0. The maximum Gasteiger partial charge on any atom is 0 e. The number of allylic oxidation sites excluding steroid dienone is 9. The van der Waals surface area contributed by atoms with Gasteiger partial charge in [0.1, 0.15) is 0 Å². The van der Waals surface area contributed by atoms with E-state index in [2.05, 4.69) is 79.7 Å². The molecule has 1 heteroatoms. The Morgan fingerprint density at radius 3 is 1.00 bits per heavy atom. The second-order valence-electron chi connectivity index (χ2n) is 2.45. The minimum absolute atomic E-state index is 0. The van der Waals surface area contributed by atoms with Gasteiger partial charge in [-0.05, 0) is 0 Å². The van der Waals surface area contributed by atoms with Crippen LogP contribution in [0, 0.1) is 40.7 Å². The maximum absolute atomic E-state index is 3.25. The first-order valence-electron chi connectivity index (χ1n) is 5.80. The van der Waals surface area contributed by atoms with Crippen molar-refractivity contribution in [3.63, 3.8) is 0 Å². The largest absolute Gasteiger partial charge is 0.273 e. The normalized spacial score (nSPS) is 7.05. The van der Waals surface area contributed by atoms with E-state index in [1.54, 1.807) is 0 Å². The van der Waals surface area contributed by atoms with E-state index in [1.165, 1.54) is 30.4 Å². The average molecular weight is 318 g/mol. The van der Waals surface area contributed by atoms with Gasteiger partial charge in [-0.2, -0.15) is 6.08 Å². The Hall–Kier alpha value is -1.76. The summed E-state index contributed by atoms with van der Waals surface area (Å²) in [6, 6.07) is 0. The molecule has 21 heavy (non-hydrogen) atoms. The van der Waals surface area contributed by atoms with Gasteiger partial charge < -0.3 is 0 Å². The fourth-order valence-electron chi connectivity index (χ4n) is 0.340. The minimum Gasteiger partial charge on any atom is -0.273 e. The first kappa shape index (κ1) is 36.5. The molecule has 0 radical (unpaired) electrons. The van der Waals surface area contributed by atoms with E-state index in [0.29, 0.717) is 0 Å². The van der Waals surface area contributed by atoms with Gasteiger partial charge in [0.25, 0.3) is 0 Å². The maximum atomic E-state index is 3.25. The number of hydrogen-bond donors (Lipinski definition) is 0. The second-order valence-corrected chi connectivity index (χ2v) is 2.45. The molecule has 0 saturated heterocycles. The topological polar surface area (TPSA) is 0 Å². The summed E-state index contributed by atoms with van der Waals surface area (Å²) in [7, 11) is 0. The number of rotatable bonds is 0. The molecule has 0 nitrogen and oxygen atoms in total. The van der Waals surface area contributed by atoms with Crippen molar-refractivity contribution in [1.82, 2.24) is 0 Å². The fraction of sp³-hybridized carbons (Fsp3) is 0.0500. The molecule has 0 amide bonds. The Morgan fingerprint density at radius 2 is 0.952 bits per heavy atom. The quantitative estimate of drug-likeness (QED) is 0.361. The average Bonchev–Trinajstić information content (AvgIpc) is 2.91. The van der Waals surface area contributed by atoms with Crippen LogP contribution in [0.3, 0.4) is 0 Å². The summed E-state index contributed by atoms with van der Waals surface area (Å²) in [5.74, 6) is 0. The van der Waals surface area contributed by atoms with Gasteiger partial charge in [0, 0.05) is 21.7 Å². The monoisotopic (exact) mass is 318 g/mol. The van der Waals surface area contributed by atoms with Crippen molar-refractivity contribution in [3.8, 4) is 0 Å². The van der Waals surface area contributed by atoms with E-state index in [4.69, 9.17) is 0 Å². The Balaban J connectivity index is -0.0000000326. The van der Waals surface area contributed by atoms with Crippen LogP contribution < -0.4 is 0 Å². The van der Waals surface area contributed by atoms with Crippen LogP contribution in [-0.4, -0.2) is 0 Å². The van der Waals surface area contributed by atoms with Gasteiger partial charge in [-0.15, -0.1) is 6.42 Å². The molecule has 0 heterocycles. The summed E-state index contributed by atoms with van der Waals surface area (Å²) in [5.41, 5.74) is 0. The molecule has 1 aliphatic rings. The van der Waals surface area contributed by atoms with Crippen molar-refractivity contribution in [2.45, 2.75) is 6.42 Å². The zero-order valence-electron chi connectivity index (χ0n) is 13.4. The van der Waals surface area contributed by atoms with Crippen LogP contribution in [-0.2, 0) is 21.7 Å². The van der Waals surface area contributed by atoms with Crippen LogP contribution in [0.2, 0.25) is 0 Å². The fourth-order valence-corrected chi connectivity index (χ4v) is 0.340. The van der Waals surface area contributed by atoms with Crippen LogP contribution in [0.15, 0.2) is 81.5 Å². The molecule has 0 aromatic carbocycles. The first-order valence-corrected chi connectivity index (χ1v) is 5.80. The van der Waals surface area contributed by atoms with Gasteiger partial charge in [-0.25, -0.2) is 110 Å². The summed E-state index contributed by atoms with van der Waals surface area (Å²) < 4.78 is 0. The van der Waals surface area contributed by atoms with Crippen molar-refractivity contribution < 1.29 is 21.7 Å². The van der Waals surface area contributed by atoms with E-state index in [1.807, 2.05) is 12.2 Å². The van der Waals surface area contributed by atoms with Crippen molar-refractivity contribution in [2.75, 3.05) is 0 Å². The minimum atomic E-state index is 0. The van der Waals surface area contributed by atoms with E-state index >= 15 is 0 Å². The van der Waals surface area contributed by atoms with Gasteiger partial charge >= 0.3 is 0 Å². The molecule has 0 spiro atoms. The standard InChI is InChI=1S/C5H5.5C3H5.Ti/c1-2-4-5-3-1;5*1-3-2;/h1-3H,4H2;5*3H,1-2H2;/q6*-1;. The molecule has 120 valence electrons. The van der Waals surface area contributed by atoms with Gasteiger partial charge in [0.15, 0.2) is 0 Å². The number of hydrogen-bond acceptors (Lipinski definition) is 0. The van der Waals surface area contributed by atoms with Crippen molar-refractivity contribution >= 4 is 0 Å². The van der Waals surface area contributed by atoms with E-state index < -0.39 is 0 Å². The third kappa shape index (κ3) is 457. The van der Waals surface area contributed by atoms with Crippen LogP contribution in [0.1, 0.15) is 6.42 Å². The first-order chi connectivity index (χ1) is 9.57. The van der Waals surface area contributed by atoms with Crippen molar-refractivity contribution in [1.29, 1.82) is 0 Å². The third-order valence-electron chi connectivity index (χ3n) is 0.586. The predicted octanol–water partition coefficient (Wildman–Crippen LogP) is 6.34. The van der Waals surface area contributed by atoms with Crippen LogP contribution >= 0.6 is 0 Å². The molecule has 0 aromatic rings. The molecule has 0 atom stereocenters. The SMILES string of the molecule is C=C[CH2-].C=C[CH2-].C=C[CH2-].C=C[CH2-].C=C[CH2-].[C-]1=CC=CC1.[Ti]. The van der Waals surface area contributed by atoms with Gasteiger partial charge in [0.2, 0.25) is 0 Å². The van der Waals surface area contributed by atoms with E-state index in [0.717, 1.165) is 6.42 Å². The Kier molecular flexibility index (Phi) is 139. The van der Waals surface area contributed by atoms with E-state index in [9.17, 15) is 0 Å². The summed E-state index contributed by atoms with van der Waals surface area (Å²) >= 11 is 0. The summed E-state index contributed by atoms with van der Waals surface area (Å²) in [4.78, 5) is 0. The van der Waals surface area contributed by atoms with Crippen LogP contribution in [0.4, 0.5) is 0 Å². The Labute approximate surface area is 150 Å². The molecular formula is C20H30Ti-6. The molecule has 0 aliphatic heterocycles. The van der Waals surface area contributed by atoms with Crippen LogP contribution in [0.25, 0.3) is 0 Å². The third-order valence-corrected chi connectivity index (χ3v) is 0.586. The molecule has 0 unspecified atom stereocenters. The molecule has 1 aliphatic carbocycles. The Bertz CT molecular complexity index is 187. The molecule has 0 aromatic heterocycles. The molecule has 0 saturated carbocycles. The van der Waals surface area contributed by atoms with Gasteiger partial charge in [-0.1, -0.05) is 0 Å². The van der Waals surface area contributed by atoms with Gasteiger partial charge in [-0.3, -0.25) is 6.08 Å². The van der Waals surface area contributed by atoms with Gasteiger partial charge in [0.05, 0.1) is 0 Å². The van der Waals surface area contributed by atoms with Crippen molar-refractivity contribution in [2.24, 2.45) is 0 Å². The molecule has 1 rings (SSSR count). The van der Waals surface area contributed by atoms with E-state index in [-0.39, 0.29) is 21.7 Å². The summed E-state index contributed by atoms with van der Waals surface area (Å²) in [6.07, 6.45) is 17.5. The van der Waals surface area contributed by atoms with Crippen LogP contribution in [0.5, 0.6) is 0 Å². The zero-order chi connectivity index (χ0) is 17.1. The summed E-state index contributed by atoms with van der Waals surface area (Å²) in [6.45, 7) is 32.5. The molecule has 0 fully saturated rings. The summed E-state index contributed by atoms with van der Waals surface area (Å²) in [5, 5.41) is 0. The smallest absolute Gasteiger partial charge is 0 e. The predicted molar refractivity (Wildman–Crippen MR) is 99.3 cm³/mol. The molecule has 0 N–H and O–H groups in total. The second kappa shape index (κ2) is 79.8. The Morgan fingerprint density at radius 1 is 0.714 bits per heavy atom. The van der Waals surface area contributed by atoms with Crippen molar-refractivity contribution in [3.05, 3.63) is 122 Å². The molecule has 0 bridgehead atoms. The molecular weight excluding hydrogens is 288 g/mol.